The van der Waals surface area contributed by atoms with Gasteiger partial charge in [0.1, 0.15) is 0 Å². The van der Waals surface area contributed by atoms with Gasteiger partial charge >= 0.3 is 0 Å². The third-order valence-electron chi connectivity index (χ3n) is 3.54. The minimum atomic E-state index is -3.42. The molecule has 0 fully saturated rings. The Bertz CT molecular complexity index is 1040. The van der Waals surface area contributed by atoms with Crippen molar-refractivity contribution in [1.82, 2.24) is 9.78 Å². The van der Waals surface area contributed by atoms with Crippen molar-refractivity contribution >= 4 is 20.9 Å². The van der Waals surface area contributed by atoms with E-state index in [0.717, 1.165) is 22.6 Å². The van der Waals surface area contributed by atoms with Gasteiger partial charge in [-0.15, -0.1) is 0 Å². The Hall–Kier alpha value is -2.51. The van der Waals surface area contributed by atoms with Crippen LogP contribution in [0.1, 0.15) is 5.56 Å². The van der Waals surface area contributed by atoms with Crippen molar-refractivity contribution in [3.63, 3.8) is 0 Å². The van der Waals surface area contributed by atoms with E-state index in [4.69, 9.17) is 4.18 Å². The van der Waals surface area contributed by atoms with Gasteiger partial charge in [0.05, 0.1) is 18.6 Å². The van der Waals surface area contributed by atoms with Gasteiger partial charge in [0.2, 0.25) is 0 Å². The third kappa shape index (κ3) is 3.87. The zero-order valence-corrected chi connectivity index (χ0v) is 13.9. The molecule has 0 saturated carbocycles. The average molecular weight is 344 g/mol. The van der Waals surface area contributed by atoms with Crippen molar-refractivity contribution < 1.29 is 12.6 Å². The van der Waals surface area contributed by atoms with E-state index >= 15 is 0 Å². The maximum Gasteiger partial charge on any atom is 0.271 e. The molecule has 0 bridgehead atoms. The summed E-state index contributed by atoms with van der Waals surface area (Å²) >= 11 is 0. The van der Waals surface area contributed by atoms with Crippen molar-refractivity contribution in [2.45, 2.75) is 6.42 Å². The summed E-state index contributed by atoms with van der Waals surface area (Å²) in [7, 11) is -3.42. The molecule has 3 aromatic rings. The highest BCUT2D eigenvalue weighted by molar-refractivity contribution is 7.85. The second kappa shape index (κ2) is 6.54. The fraction of sp³-hybridized carbons (Fsp3) is 0.176. The van der Waals surface area contributed by atoms with Crippen LogP contribution in [-0.2, 0) is 20.7 Å². The van der Waals surface area contributed by atoms with E-state index in [0.29, 0.717) is 12.1 Å². The fourth-order valence-electron chi connectivity index (χ4n) is 2.43. The van der Waals surface area contributed by atoms with Crippen molar-refractivity contribution in [1.29, 1.82) is 0 Å². The van der Waals surface area contributed by atoms with E-state index in [1.54, 1.807) is 12.3 Å². The highest BCUT2D eigenvalue weighted by atomic mass is 32.2. The zero-order chi connectivity index (χ0) is 17.2. The Labute approximate surface area is 139 Å². The number of nitrogens with zero attached hydrogens (tertiary/aromatic N) is 2. The molecule has 0 atom stereocenters. The smallest absolute Gasteiger partial charge is 0.270 e. The molecule has 0 spiro atoms. The summed E-state index contributed by atoms with van der Waals surface area (Å²) in [5.41, 5.74) is 1.49. The molecule has 0 aliphatic carbocycles. The minimum Gasteiger partial charge on any atom is -0.270 e. The number of benzene rings is 2. The van der Waals surface area contributed by atoms with E-state index in [1.165, 1.54) is 10.7 Å². The van der Waals surface area contributed by atoms with Crippen LogP contribution in [-0.4, -0.2) is 31.1 Å². The molecule has 7 heteroatoms. The Morgan fingerprint density at radius 2 is 1.83 bits per heavy atom. The highest BCUT2D eigenvalue weighted by Crippen LogP contribution is 2.19. The van der Waals surface area contributed by atoms with Crippen molar-refractivity contribution in [2.24, 2.45) is 0 Å². The maximum absolute atomic E-state index is 11.8. The molecule has 0 aliphatic rings. The Balaban J connectivity index is 1.86. The molecule has 0 radical (unpaired) electrons. The van der Waals surface area contributed by atoms with Crippen LogP contribution in [0.3, 0.4) is 0 Å². The Morgan fingerprint density at radius 3 is 2.58 bits per heavy atom. The summed E-state index contributed by atoms with van der Waals surface area (Å²) in [6.45, 7) is 0.117. The van der Waals surface area contributed by atoms with Crippen LogP contribution in [0, 0.1) is 0 Å². The highest BCUT2D eigenvalue weighted by Gasteiger charge is 2.05. The molecule has 0 saturated heterocycles. The van der Waals surface area contributed by atoms with Crippen LogP contribution in [0.25, 0.3) is 16.5 Å². The molecule has 0 N–H and O–H groups in total. The van der Waals surface area contributed by atoms with Gasteiger partial charge in [-0.1, -0.05) is 24.3 Å². The number of rotatable bonds is 5. The molecular formula is C17H16N2O4S. The van der Waals surface area contributed by atoms with Crippen molar-refractivity contribution in [3.05, 3.63) is 70.6 Å². The normalized spacial score (nSPS) is 11.7. The summed E-state index contributed by atoms with van der Waals surface area (Å²) in [5, 5.41) is 6.04. The van der Waals surface area contributed by atoms with E-state index in [1.807, 2.05) is 36.4 Å². The molecule has 2 aromatic carbocycles. The summed E-state index contributed by atoms with van der Waals surface area (Å²) in [6.07, 6.45) is 3.11. The summed E-state index contributed by atoms with van der Waals surface area (Å²) in [4.78, 5) is 11.8. The second-order valence-corrected chi connectivity index (χ2v) is 7.06. The predicted octanol–water partition coefficient (Wildman–Crippen LogP) is 1.90. The zero-order valence-electron chi connectivity index (χ0n) is 13.0. The number of hydrogen-bond acceptors (Lipinski definition) is 5. The molecule has 3 rings (SSSR count). The molecule has 1 heterocycles. The Morgan fingerprint density at radius 1 is 1.08 bits per heavy atom. The molecule has 0 amide bonds. The SMILES string of the molecule is CS(=O)(=O)OCCc1ccc2cc(-n3ncccc3=O)ccc2c1. The summed E-state index contributed by atoms with van der Waals surface area (Å²) in [6, 6.07) is 14.5. The fourth-order valence-corrected chi connectivity index (χ4v) is 2.82. The topological polar surface area (TPSA) is 78.3 Å². The van der Waals surface area contributed by atoms with Gasteiger partial charge in [-0.05, 0) is 41.0 Å². The molecular weight excluding hydrogens is 328 g/mol. The van der Waals surface area contributed by atoms with Crippen LogP contribution in [0.5, 0.6) is 0 Å². The molecule has 124 valence electrons. The first-order chi connectivity index (χ1) is 11.4. The van der Waals surface area contributed by atoms with Gasteiger partial charge in [-0.3, -0.25) is 8.98 Å². The van der Waals surface area contributed by atoms with E-state index in [2.05, 4.69) is 5.10 Å². The first-order valence-electron chi connectivity index (χ1n) is 7.34. The molecule has 6 nitrogen and oxygen atoms in total. The van der Waals surface area contributed by atoms with E-state index in [9.17, 15) is 13.2 Å². The third-order valence-corrected chi connectivity index (χ3v) is 4.13. The van der Waals surface area contributed by atoms with Crippen molar-refractivity contribution in [3.8, 4) is 5.69 Å². The largest absolute Gasteiger partial charge is 0.271 e. The van der Waals surface area contributed by atoms with Gasteiger partial charge in [-0.2, -0.15) is 18.2 Å². The van der Waals surface area contributed by atoms with Crippen LogP contribution in [0.2, 0.25) is 0 Å². The lowest BCUT2D eigenvalue weighted by molar-refractivity contribution is 0.326. The summed E-state index contributed by atoms with van der Waals surface area (Å²) < 4.78 is 28.1. The molecule has 0 unspecified atom stereocenters. The maximum atomic E-state index is 11.8. The van der Waals surface area contributed by atoms with Gasteiger partial charge in [0, 0.05) is 12.3 Å². The lowest BCUT2D eigenvalue weighted by atomic mass is 10.0. The number of aromatic nitrogens is 2. The van der Waals surface area contributed by atoms with Crippen molar-refractivity contribution in [2.75, 3.05) is 12.9 Å². The minimum absolute atomic E-state index is 0.117. The second-order valence-electron chi connectivity index (χ2n) is 5.42. The lowest BCUT2D eigenvalue weighted by Crippen LogP contribution is -2.18. The van der Waals surface area contributed by atoms with Gasteiger partial charge < -0.3 is 0 Å². The average Bonchev–Trinajstić information content (AvgIpc) is 2.54. The van der Waals surface area contributed by atoms with Crippen LogP contribution in [0.4, 0.5) is 0 Å². The van der Waals surface area contributed by atoms with Gasteiger partial charge in [0.25, 0.3) is 15.7 Å². The number of fused-ring (bicyclic) bond motifs is 1. The van der Waals surface area contributed by atoms with Crippen LogP contribution >= 0.6 is 0 Å². The molecule has 0 aliphatic heterocycles. The number of hydrogen-bond donors (Lipinski definition) is 0. The van der Waals surface area contributed by atoms with Crippen LogP contribution < -0.4 is 5.56 Å². The molecule has 24 heavy (non-hydrogen) atoms. The lowest BCUT2D eigenvalue weighted by Gasteiger charge is -2.07. The predicted molar refractivity (Wildman–Crippen MR) is 91.8 cm³/mol. The monoisotopic (exact) mass is 344 g/mol. The van der Waals surface area contributed by atoms with Gasteiger partial charge in [0.15, 0.2) is 0 Å². The Kier molecular flexibility index (Phi) is 4.46. The van der Waals surface area contributed by atoms with E-state index in [-0.39, 0.29) is 12.2 Å². The first kappa shape index (κ1) is 16.4. The molecule has 1 aromatic heterocycles. The quantitative estimate of drug-likeness (QED) is 0.661. The van der Waals surface area contributed by atoms with Crippen LogP contribution in [0.15, 0.2) is 59.5 Å². The first-order valence-corrected chi connectivity index (χ1v) is 9.16. The van der Waals surface area contributed by atoms with E-state index < -0.39 is 10.1 Å². The summed E-state index contributed by atoms with van der Waals surface area (Å²) in [5.74, 6) is 0. The standard InChI is InChI=1S/C17H16N2O4S/c1-24(21,22)23-10-8-13-4-5-15-12-16(7-6-14(15)11-13)19-17(20)3-2-9-18-19/h2-7,9,11-12H,8,10H2,1H3. The van der Waals surface area contributed by atoms with Gasteiger partial charge in [-0.25, -0.2) is 0 Å².